The molecule has 0 bridgehead atoms. The number of nitrogens with zero attached hydrogens (tertiary/aromatic N) is 1. The minimum Gasteiger partial charge on any atom is -0.508 e. The molecule has 4 atom stereocenters. The number of amides is 1. The lowest BCUT2D eigenvalue weighted by atomic mass is 9.57. The van der Waals surface area contributed by atoms with Crippen molar-refractivity contribution in [2.24, 2.45) is 17.6 Å². The summed E-state index contributed by atoms with van der Waals surface area (Å²) in [7, 11) is 3.13. The zero-order valence-corrected chi connectivity index (χ0v) is 18.0. The number of primary amides is 1. The second kappa shape index (κ2) is 7.18. The number of nitrogens with two attached hydrogens (primary N) is 1. The van der Waals surface area contributed by atoms with E-state index in [4.69, 9.17) is 5.73 Å². The van der Waals surface area contributed by atoms with E-state index in [0.29, 0.717) is 24.0 Å². The molecule has 1 aromatic rings. The van der Waals surface area contributed by atoms with Crippen LogP contribution in [0.15, 0.2) is 29.0 Å². The molecule has 1 amide bonds. The molecular weight excluding hydrogens is 416 g/mol. The van der Waals surface area contributed by atoms with E-state index in [1.54, 1.807) is 26.2 Å². The van der Waals surface area contributed by atoms with Gasteiger partial charge in [0.1, 0.15) is 22.8 Å². The molecule has 9 nitrogen and oxygen atoms in total. The Hall–Kier alpha value is -3.17. The summed E-state index contributed by atoms with van der Waals surface area (Å²) in [6, 6.07) is 2.46. The summed E-state index contributed by atoms with van der Waals surface area (Å²) in [6.07, 6.45) is 0.886. The summed E-state index contributed by atoms with van der Waals surface area (Å²) in [5.74, 6) is -6.32. The van der Waals surface area contributed by atoms with Gasteiger partial charge in [-0.3, -0.25) is 19.3 Å². The van der Waals surface area contributed by atoms with Crippen LogP contribution in [0.25, 0.3) is 5.76 Å². The number of likely N-dealkylation sites (N-methyl/N-ethyl adjacent to an activating group) is 1. The zero-order valence-electron chi connectivity index (χ0n) is 18.0. The molecule has 170 valence electrons. The molecule has 0 radical (unpaired) electrons. The number of fused-ring (bicyclic) bond motifs is 3. The van der Waals surface area contributed by atoms with E-state index < -0.39 is 58.0 Å². The molecule has 1 aromatic carbocycles. The Balaban J connectivity index is 1.97. The van der Waals surface area contributed by atoms with Gasteiger partial charge in [-0.25, -0.2) is 0 Å². The third-order valence-corrected chi connectivity index (χ3v) is 7.06. The maximum absolute atomic E-state index is 13.6. The fraction of sp³-hybridized carbons (Fsp3) is 0.435. The van der Waals surface area contributed by atoms with Crippen LogP contribution in [-0.2, 0) is 27.2 Å². The average Bonchev–Trinajstić information content (AvgIpc) is 2.70. The third kappa shape index (κ3) is 2.67. The first-order valence-electron chi connectivity index (χ1n) is 10.4. The highest BCUT2D eigenvalue weighted by molar-refractivity contribution is 6.24. The number of aromatic hydroxyl groups is 1. The zero-order chi connectivity index (χ0) is 23.7. The highest BCUT2D eigenvalue weighted by Crippen LogP contribution is 2.52. The second-order valence-electron chi connectivity index (χ2n) is 8.92. The van der Waals surface area contributed by atoms with Crippen molar-refractivity contribution < 1.29 is 34.8 Å². The molecule has 3 aliphatic carbocycles. The molecular formula is C23H26N2O7. The van der Waals surface area contributed by atoms with Crippen LogP contribution in [0.1, 0.15) is 30.0 Å². The topological polar surface area (TPSA) is 161 Å². The molecule has 1 fully saturated rings. The van der Waals surface area contributed by atoms with Crippen molar-refractivity contribution in [3.63, 3.8) is 0 Å². The summed E-state index contributed by atoms with van der Waals surface area (Å²) in [4.78, 5) is 40.0. The van der Waals surface area contributed by atoms with E-state index in [0.717, 1.165) is 0 Å². The lowest BCUT2D eigenvalue weighted by Gasteiger charge is -2.50. The summed E-state index contributed by atoms with van der Waals surface area (Å²) in [6.45, 7) is 1.84. The second-order valence-corrected chi connectivity index (χ2v) is 8.92. The Morgan fingerprint density at radius 2 is 1.88 bits per heavy atom. The minimum absolute atomic E-state index is 0.0854. The Kier molecular flexibility index (Phi) is 4.94. The number of carbonyl (C=O) groups excluding carboxylic acids is 3. The van der Waals surface area contributed by atoms with Gasteiger partial charge in [-0.05, 0) is 50.4 Å². The van der Waals surface area contributed by atoms with Crippen LogP contribution in [0.2, 0.25) is 0 Å². The first kappa shape index (κ1) is 22.0. The number of benzene rings is 1. The maximum atomic E-state index is 13.6. The lowest BCUT2D eigenvalue weighted by molar-refractivity contribution is -0.153. The molecule has 1 saturated carbocycles. The number of hydrogen-bond donors (Lipinski definition) is 5. The van der Waals surface area contributed by atoms with Crippen LogP contribution in [0.5, 0.6) is 5.75 Å². The van der Waals surface area contributed by atoms with Gasteiger partial charge < -0.3 is 26.2 Å². The van der Waals surface area contributed by atoms with Crippen molar-refractivity contribution in [2.45, 2.75) is 37.8 Å². The summed E-state index contributed by atoms with van der Waals surface area (Å²) in [5, 5.41) is 44.0. The van der Waals surface area contributed by atoms with Crippen molar-refractivity contribution in [3.05, 3.63) is 45.7 Å². The van der Waals surface area contributed by atoms with E-state index in [-0.39, 0.29) is 23.3 Å². The van der Waals surface area contributed by atoms with Gasteiger partial charge in [0, 0.05) is 11.5 Å². The number of aryl methyl sites for hydroxylation is 1. The van der Waals surface area contributed by atoms with Crippen LogP contribution >= 0.6 is 0 Å². The number of phenolic OH excluding ortho intramolecular Hbond substituents is 1. The fourth-order valence-corrected chi connectivity index (χ4v) is 5.55. The van der Waals surface area contributed by atoms with E-state index in [1.807, 2.05) is 6.92 Å². The maximum Gasteiger partial charge on any atom is 0.255 e. The molecule has 0 aliphatic heterocycles. The van der Waals surface area contributed by atoms with Gasteiger partial charge in [0.05, 0.1) is 11.6 Å². The molecule has 0 saturated heterocycles. The van der Waals surface area contributed by atoms with Crippen molar-refractivity contribution in [3.8, 4) is 5.75 Å². The SMILES string of the molecule is CCc1ccc2c(c1O)C(O)=C1C(=O)[C@]3(O)C(O)=C(C(N)=O)C(=O)[C@@H](N(C)C)[C@@H]3C[C@@H]1C2. The largest absolute Gasteiger partial charge is 0.508 e. The van der Waals surface area contributed by atoms with Gasteiger partial charge in [0.2, 0.25) is 5.78 Å². The predicted molar refractivity (Wildman–Crippen MR) is 114 cm³/mol. The number of ketones is 2. The highest BCUT2D eigenvalue weighted by atomic mass is 16.3. The molecule has 4 rings (SSSR count). The molecule has 9 heteroatoms. The van der Waals surface area contributed by atoms with Gasteiger partial charge in [-0.1, -0.05) is 19.1 Å². The number of carbonyl (C=O) groups is 3. The Labute approximate surface area is 184 Å². The van der Waals surface area contributed by atoms with Gasteiger partial charge in [0.25, 0.3) is 5.91 Å². The van der Waals surface area contributed by atoms with Crippen LogP contribution in [0.3, 0.4) is 0 Å². The van der Waals surface area contributed by atoms with Gasteiger partial charge >= 0.3 is 0 Å². The third-order valence-electron chi connectivity index (χ3n) is 7.06. The number of aliphatic hydroxyl groups is 3. The van der Waals surface area contributed by atoms with Crippen molar-refractivity contribution >= 4 is 23.2 Å². The first-order chi connectivity index (χ1) is 15.0. The van der Waals surface area contributed by atoms with Crippen LogP contribution in [0.4, 0.5) is 0 Å². The standard InChI is InChI=1S/C23H26N2O7/c1-4-9-5-6-10-7-11-8-12-16(25(2)3)19(28)15(22(24)31)21(30)23(12,32)20(29)14(11)18(27)13(10)17(9)26/h5-6,11-12,16,26-27,30,32H,4,7-8H2,1-3H3,(H2,24,31)/t11-,12-,16-,23-/m0/s1. The molecule has 3 aliphatic rings. The normalized spacial score (nSPS) is 29.7. The quantitative estimate of drug-likeness (QED) is 0.424. The van der Waals surface area contributed by atoms with Gasteiger partial charge in [0.15, 0.2) is 11.4 Å². The lowest BCUT2D eigenvalue weighted by Crippen LogP contribution is -2.65. The molecule has 0 heterocycles. The van der Waals surface area contributed by atoms with Crippen molar-refractivity contribution in [2.75, 3.05) is 14.1 Å². The Morgan fingerprint density at radius 3 is 2.44 bits per heavy atom. The molecule has 0 aromatic heterocycles. The van der Waals surface area contributed by atoms with E-state index in [1.165, 1.54) is 4.90 Å². The monoisotopic (exact) mass is 442 g/mol. The van der Waals surface area contributed by atoms with Crippen molar-refractivity contribution in [1.82, 2.24) is 4.90 Å². The summed E-state index contributed by atoms with van der Waals surface area (Å²) >= 11 is 0. The van der Waals surface area contributed by atoms with E-state index >= 15 is 0 Å². The molecule has 6 N–H and O–H groups in total. The Bertz CT molecular complexity index is 1130. The highest BCUT2D eigenvalue weighted by Gasteiger charge is 2.64. The van der Waals surface area contributed by atoms with Crippen LogP contribution in [0, 0.1) is 11.8 Å². The van der Waals surface area contributed by atoms with E-state index in [2.05, 4.69) is 0 Å². The number of aliphatic hydroxyl groups excluding tert-OH is 2. The van der Waals surface area contributed by atoms with Crippen molar-refractivity contribution in [1.29, 1.82) is 0 Å². The Morgan fingerprint density at radius 1 is 1.22 bits per heavy atom. The number of phenols is 1. The first-order valence-corrected chi connectivity index (χ1v) is 10.4. The van der Waals surface area contributed by atoms with Gasteiger partial charge in [-0.2, -0.15) is 0 Å². The predicted octanol–water partition coefficient (Wildman–Crippen LogP) is 0.526. The summed E-state index contributed by atoms with van der Waals surface area (Å²) in [5.41, 5.74) is 3.09. The average molecular weight is 442 g/mol. The number of hydrogen-bond acceptors (Lipinski definition) is 8. The smallest absolute Gasteiger partial charge is 0.255 e. The number of rotatable bonds is 3. The van der Waals surface area contributed by atoms with Crippen LogP contribution < -0.4 is 5.73 Å². The fourth-order valence-electron chi connectivity index (χ4n) is 5.55. The molecule has 0 unspecified atom stereocenters. The van der Waals surface area contributed by atoms with Gasteiger partial charge in [-0.15, -0.1) is 0 Å². The van der Waals surface area contributed by atoms with E-state index in [9.17, 15) is 34.8 Å². The molecule has 32 heavy (non-hydrogen) atoms. The summed E-state index contributed by atoms with van der Waals surface area (Å²) < 4.78 is 0. The minimum atomic E-state index is -2.61. The van der Waals surface area contributed by atoms with Crippen LogP contribution in [-0.4, -0.2) is 68.5 Å². The molecule has 0 spiro atoms. The number of Topliss-reactive ketones (excluding diaryl/α,β-unsaturated/α-hetero) is 2.